The zero-order chi connectivity index (χ0) is 20.1. The number of ether oxygens (including phenoxy) is 1. The van der Waals surface area contributed by atoms with E-state index in [1.165, 1.54) is 0 Å². The molecule has 6 heteroatoms. The summed E-state index contributed by atoms with van der Waals surface area (Å²) in [6.07, 6.45) is 0. The zero-order valence-corrected chi connectivity index (χ0v) is 19.0. The van der Waals surface area contributed by atoms with Gasteiger partial charge in [-0.3, -0.25) is 0 Å². The Kier molecular flexibility index (Phi) is 5.03. The van der Waals surface area contributed by atoms with Gasteiger partial charge in [0.05, 0.1) is 26.1 Å². The van der Waals surface area contributed by atoms with E-state index in [4.69, 9.17) is 4.74 Å². The summed E-state index contributed by atoms with van der Waals surface area (Å²) in [5, 5.41) is 0. The van der Waals surface area contributed by atoms with Crippen LogP contribution in [0.2, 0.25) is 19.6 Å². The summed E-state index contributed by atoms with van der Waals surface area (Å²) in [4.78, 5) is 0.465. The summed E-state index contributed by atoms with van der Waals surface area (Å²) < 4.78 is 34.3. The maximum Gasteiger partial charge on any atom is 0.244 e. The molecule has 3 rings (SSSR count). The first-order valence-electron chi connectivity index (χ1n) is 9.24. The minimum absolute atomic E-state index is 0.0657. The highest BCUT2D eigenvalue weighted by atomic mass is 32.2. The number of hydrogen-bond donors (Lipinski definition) is 0. The van der Waals surface area contributed by atoms with Gasteiger partial charge in [-0.1, -0.05) is 49.5 Å². The quantitative estimate of drug-likeness (QED) is 0.541. The summed E-state index contributed by atoms with van der Waals surface area (Å²) >= 11 is 0. The van der Waals surface area contributed by atoms with Gasteiger partial charge in [-0.25, -0.2) is 8.42 Å². The zero-order valence-electron chi connectivity index (χ0n) is 17.2. The third kappa shape index (κ3) is 3.58. The van der Waals surface area contributed by atoms with Crippen LogP contribution in [0.3, 0.4) is 0 Å². The van der Waals surface area contributed by atoms with Crippen LogP contribution in [0.4, 0.5) is 0 Å². The third-order valence-corrected chi connectivity index (χ3v) is 9.97. The lowest BCUT2D eigenvalue weighted by molar-refractivity contribution is 0.414. The van der Waals surface area contributed by atoms with Gasteiger partial charge in [0, 0.05) is 5.67 Å². The summed E-state index contributed by atoms with van der Waals surface area (Å²) in [7, 11) is -3.64. The lowest BCUT2D eigenvalue weighted by Crippen LogP contribution is -2.33. The fourth-order valence-corrected chi connectivity index (χ4v) is 9.82. The van der Waals surface area contributed by atoms with E-state index in [2.05, 4.69) is 19.6 Å². The van der Waals surface area contributed by atoms with Crippen LogP contribution in [0.5, 0.6) is 5.75 Å². The molecule has 2 aromatic rings. The Labute approximate surface area is 164 Å². The van der Waals surface area contributed by atoms with Gasteiger partial charge in [0.1, 0.15) is 5.75 Å². The maximum atomic E-state index is 13.6. The molecule has 1 fully saturated rings. The largest absolute Gasteiger partial charge is 0.497 e. The molecule has 0 radical (unpaired) electrons. The Morgan fingerprint density at radius 1 is 0.963 bits per heavy atom. The van der Waals surface area contributed by atoms with Crippen LogP contribution < -0.4 is 4.74 Å². The van der Waals surface area contributed by atoms with E-state index < -0.39 is 18.1 Å². The van der Waals surface area contributed by atoms with Crippen LogP contribution in [0.25, 0.3) is 0 Å². The van der Waals surface area contributed by atoms with E-state index in [1.54, 1.807) is 11.4 Å². The van der Waals surface area contributed by atoms with Gasteiger partial charge >= 0.3 is 0 Å². The smallest absolute Gasteiger partial charge is 0.244 e. The number of nitrogens with zero attached hydrogens (tertiary/aromatic N) is 1. The lowest BCUT2D eigenvalue weighted by Gasteiger charge is -2.17. The summed E-state index contributed by atoms with van der Waals surface area (Å²) in [5.41, 5.74) is 3.83. The molecule has 2 aromatic carbocycles. The summed E-state index contributed by atoms with van der Waals surface area (Å²) in [6.45, 7) is 12.5. The van der Waals surface area contributed by atoms with Gasteiger partial charge < -0.3 is 4.74 Å². The maximum absolute atomic E-state index is 13.6. The first-order chi connectivity index (χ1) is 12.5. The van der Waals surface area contributed by atoms with Gasteiger partial charge in [0.15, 0.2) is 0 Å². The van der Waals surface area contributed by atoms with Crippen LogP contribution in [-0.2, 0) is 10.0 Å². The molecule has 0 aromatic heterocycles. The Bertz CT molecular complexity index is 939. The average molecular weight is 404 g/mol. The van der Waals surface area contributed by atoms with Crippen molar-refractivity contribution in [1.82, 2.24) is 4.31 Å². The molecular formula is C21H29NO3SSi. The number of benzene rings is 2. The van der Waals surface area contributed by atoms with Crippen molar-refractivity contribution in [2.45, 2.75) is 57.0 Å². The van der Waals surface area contributed by atoms with Crippen molar-refractivity contribution < 1.29 is 13.2 Å². The Morgan fingerprint density at radius 2 is 1.48 bits per heavy atom. The van der Waals surface area contributed by atoms with E-state index in [0.717, 1.165) is 28.0 Å². The number of sulfonamides is 1. The monoisotopic (exact) mass is 403 g/mol. The first kappa shape index (κ1) is 20.1. The molecule has 1 saturated heterocycles. The standard InChI is InChI=1S/C21H29NO3SSi/c1-14-12-15(2)20(16(3)13-14)26(23,24)22-19(21(22)27(5,6)7)17-8-10-18(25-4)11-9-17/h8-13,19,21H,1-7H3/t19-,21+,22?/m0/s1. The number of methoxy groups -OCH3 is 1. The van der Waals surface area contributed by atoms with Gasteiger partial charge in [-0.2, -0.15) is 4.31 Å². The molecule has 1 heterocycles. The molecule has 0 spiro atoms. The van der Waals surface area contributed by atoms with Gasteiger partial charge in [-0.15, -0.1) is 0 Å². The summed E-state index contributed by atoms with van der Waals surface area (Å²) in [6, 6.07) is 11.6. The molecule has 0 amide bonds. The lowest BCUT2D eigenvalue weighted by atomic mass is 10.1. The topological polar surface area (TPSA) is 46.4 Å². The molecule has 0 aliphatic carbocycles. The molecule has 4 nitrogen and oxygen atoms in total. The second-order valence-corrected chi connectivity index (χ2v) is 15.7. The number of aryl methyl sites for hydroxylation is 3. The Hall–Kier alpha value is -1.63. The highest BCUT2D eigenvalue weighted by Crippen LogP contribution is 2.52. The predicted molar refractivity (Wildman–Crippen MR) is 113 cm³/mol. The second kappa shape index (κ2) is 6.76. The van der Waals surface area contributed by atoms with Crippen LogP contribution in [0.1, 0.15) is 28.3 Å². The van der Waals surface area contributed by atoms with Gasteiger partial charge in [0.25, 0.3) is 0 Å². The van der Waals surface area contributed by atoms with E-state index in [0.29, 0.717) is 4.90 Å². The van der Waals surface area contributed by atoms with Crippen molar-refractivity contribution in [2.24, 2.45) is 0 Å². The van der Waals surface area contributed by atoms with E-state index in [-0.39, 0.29) is 11.7 Å². The molecule has 3 atom stereocenters. The summed E-state index contributed by atoms with van der Waals surface area (Å²) in [5.74, 6) is 0.781. The molecule has 146 valence electrons. The van der Waals surface area contributed by atoms with Crippen molar-refractivity contribution >= 4 is 18.1 Å². The SMILES string of the molecule is COc1ccc([C@H]2[C@@H]([Si](C)(C)C)N2S(=O)(=O)c2c(C)cc(C)cc2C)cc1. The molecular weight excluding hydrogens is 374 g/mol. The van der Waals surface area contributed by atoms with E-state index in [9.17, 15) is 8.42 Å². The van der Waals surface area contributed by atoms with Crippen LogP contribution in [0, 0.1) is 20.8 Å². The van der Waals surface area contributed by atoms with Gasteiger partial charge in [0.2, 0.25) is 10.0 Å². The number of rotatable bonds is 5. The predicted octanol–water partition coefficient (Wildman–Crippen LogP) is 4.61. The van der Waals surface area contributed by atoms with E-state index >= 15 is 0 Å². The molecule has 1 aliphatic heterocycles. The second-order valence-electron chi connectivity index (χ2n) is 8.59. The van der Waals surface area contributed by atoms with Crippen LogP contribution in [-0.4, -0.2) is 33.6 Å². The van der Waals surface area contributed by atoms with E-state index in [1.807, 2.05) is 57.2 Å². The minimum Gasteiger partial charge on any atom is -0.497 e. The normalized spacial score (nSPS) is 22.6. The molecule has 1 aliphatic rings. The van der Waals surface area contributed by atoms with Crippen LogP contribution >= 0.6 is 0 Å². The fraction of sp³-hybridized carbons (Fsp3) is 0.429. The van der Waals surface area contributed by atoms with Crippen molar-refractivity contribution in [3.05, 3.63) is 58.7 Å². The van der Waals surface area contributed by atoms with Gasteiger partial charge in [-0.05, 0) is 49.6 Å². The highest BCUT2D eigenvalue weighted by molar-refractivity contribution is 7.89. The third-order valence-electron chi connectivity index (χ3n) is 5.24. The van der Waals surface area contributed by atoms with Crippen molar-refractivity contribution in [1.29, 1.82) is 0 Å². The van der Waals surface area contributed by atoms with Crippen molar-refractivity contribution in [2.75, 3.05) is 7.11 Å². The Balaban J connectivity index is 2.07. The fourth-order valence-electron chi connectivity index (χ4n) is 4.18. The average Bonchev–Trinajstić information content (AvgIpc) is 3.30. The molecule has 0 bridgehead atoms. The number of hydrogen-bond acceptors (Lipinski definition) is 3. The Morgan fingerprint density at radius 3 is 1.93 bits per heavy atom. The minimum atomic E-state index is -3.55. The molecule has 1 unspecified atom stereocenters. The van der Waals surface area contributed by atoms with Crippen molar-refractivity contribution in [3.8, 4) is 5.75 Å². The first-order valence-corrected chi connectivity index (χ1v) is 14.3. The highest BCUT2D eigenvalue weighted by Gasteiger charge is 2.61. The molecule has 0 saturated carbocycles. The molecule has 27 heavy (non-hydrogen) atoms. The molecule has 0 N–H and O–H groups in total. The van der Waals surface area contributed by atoms with Crippen molar-refractivity contribution in [3.63, 3.8) is 0 Å². The van der Waals surface area contributed by atoms with Crippen LogP contribution in [0.15, 0.2) is 41.3 Å².